The maximum absolute atomic E-state index is 12.4. The van der Waals surface area contributed by atoms with Gasteiger partial charge in [-0.05, 0) is 60.9 Å². The number of thioether (sulfide) groups is 1. The number of primary sulfonamides is 1. The van der Waals surface area contributed by atoms with Crippen molar-refractivity contribution in [3.63, 3.8) is 0 Å². The van der Waals surface area contributed by atoms with Crippen molar-refractivity contribution in [3.8, 4) is 0 Å². The van der Waals surface area contributed by atoms with Gasteiger partial charge in [0.25, 0.3) is 0 Å². The largest absolute Gasteiger partial charge is 0.326 e. The van der Waals surface area contributed by atoms with Crippen molar-refractivity contribution in [2.45, 2.75) is 49.2 Å². The van der Waals surface area contributed by atoms with E-state index in [-0.39, 0.29) is 27.4 Å². The number of rotatable bonds is 7. The molecule has 1 atom stereocenters. The summed E-state index contributed by atoms with van der Waals surface area (Å²) in [6.07, 6.45) is 0.429. The lowest BCUT2D eigenvalue weighted by molar-refractivity contribution is -0.118. The highest BCUT2D eigenvalue weighted by atomic mass is 32.2. The second kappa shape index (κ2) is 9.63. The van der Waals surface area contributed by atoms with Crippen LogP contribution in [0.5, 0.6) is 0 Å². The molecule has 162 valence electrons. The third-order valence-corrected chi connectivity index (χ3v) is 6.00. The van der Waals surface area contributed by atoms with Crippen LogP contribution in [0.25, 0.3) is 0 Å². The summed E-state index contributed by atoms with van der Waals surface area (Å²) in [5, 5.41) is 10.3. The quantitative estimate of drug-likeness (QED) is 0.555. The van der Waals surface area contributed by atoms with Crippen molar-refractivity contribution in [1.82, 2.24) is 0 Å². The summed E-state index contributed by atoms with van der Waals surface area (Å²) in [7, 11) is -3.77. The lowest BCUT2D eigenvalue weighted by Crippen LogP contribution is -2.22. The minimum Gasteiger partial charge on any atom is -0.326 e. The predicted octanol–water partition coefficient (Wildman–Crippen LogP) is 3.83. The number of nitrogens with one attached hydrogen (secondary N) is 2. The first-order valence-corrected chi connectivity index (χ1v) is 11.8. The van der Waals surface area contributed by atoms with E-state index in [9.17, 15) is 18.0 Å². The molecule has 2 aromatic carbocycles. The molecule has 30 heavy (non-hydrogen) atoms. The SMILES string of the molecule is CC(Sc1ccc(NC(=O)CC(C)(C)C)cc1)C(=O)Nc1ccc(S(N)(=O)=O)cc1. The van der Waals surface area contributed by atoms with Gasteiger partial charge in [-0.1, -0.05) is 20.8 Å². The van der Waals surface area contributed by atoms with Crippen LogP contribution in [0.15, 0.2) is 58.3 Å². The zero-order chi connectivity index (χ0) is 22.5. The molecule has 0 aliphatic heterocycles. The maximum atomic E-state index is 12.4. The summed E-state index contributed by atoms with van der Waals surface area (Å²) in [4.78, 5) is 25.3. The van der Waals surface area contributed by atoms with Crippen molar-refractivity contribution >= 4 is 45.0 Å². The number of sulfonamides is 1. The van der Waals surface area contributed by atoms with Gasteiger partial charge in [0.1, 0.15) is 0 Å². The molecule has 9 heteroatoms. The first kappa shape index (κ1) is 23.9. The number of anilines is 2. The molecule has 0 aromatic heterocycles. The highest BCUT2D eigenvalue weighted by Crippen LogP contribution is 2.26. The van der Waals surface area contributed by atoms with Crippen LogP contribution in [0.1, 0.15) is 34.1 Å². The van der Waals surface area contributed by atoms with Crippen LogP contribution in [0.3, 0.4) is 0 Å². The summed E-state index contributed by atoms with van der Waals surface area (Å²) in [5.41, 5.74) is 1.11. The van der Waals surface area contributed by atoms with E-state index in [1.54, 1.807) is 19.1 Å². The van der Waals surface area contributed by atoms with Gasteiger partial charge in [0.05, 0.1) is 10.1 Å². The first-order chi connectivity index (χ1) is 13.8. The topological polar surface area (TPSA) is 118 Å². The van der Waals surface area contributed by atoms with Gasteiger partial charge in [-0.15, -0.1) is 11.8 Å². The molecule has 4 N–H and O–H groups in total. The highest BCUT2D eigenvalue weighted by molar-refractivity contribution is 8.00. The number of hydrogen-bond acceptors (Lipinski definition) is 5. The predicted molar refractivity (Wildman–Crippen MR) is 121 cm³/mol. The second-order valence-electron chi connectivity index (χ2n) is 8.13. The summed E-state index contributed by atoms with van der Waals surface area (Å²) in [6, 6.07) is 13.0. The van der Waals surface area contributed by atoms with Crippen molar-refractivity contribution in [1.29, 1.82) is 0 Å². The molecule has 2 amide bonds. The summed E-state index contributed by atoms with van der Waals surface area (Å²) in [6.45, 7) is 7.80. The van der Waals surface area contributed by atoms with E-state index in [0.717, 1.165) is 4.90 Å². The monoisotopic (exact) mass is 449 g/mol. The molecule has 0 radical (unpaired) electrons. The maximum Gasteiger partial charge on any atom is 0.238 e. The van der Waals surface area contributed by atoms with Gasteiger partial charge in [0.2, 0.25) is 21.8 Å². The van der Waals surface area contributed by atoms with E-state index < -0.39 is 10.0 Å². The number of hydrogen-bond donors (Lipinski definition) is 3. The van der Waals surface area contributed by atoms with Crippen molar-refractivity contribution < 1.29 is 18.0 Å². The van der Waals surface area contributed by atoms with Crippen molar-refractivity contribution in [3.05, 3.63) is 48.5 Å². The van der Waals surface area contributed by atoms with Crippen LogP contribution < -0.4 is 15.8 Å². The molecule has 0 aliphatic carbocycles. The Bertz CT molecular complexity index is 996. The fourth-order valence-corrected chi connectivity index (χ4v) is 3.92. The summed E-state index contributed by atoms with van der Waals surface area (Å²) < 4.78 is 22.6. The van der Waals surface area contributed by atoms with Crippen LogP contribution in [-0.2, 0) is 19.6 Å². The smallest absolute Gasteiger partial charge is 0.238 e. The van der Waals surface area contributed by atoms with Gasteiger partial charge in [0, 0.05) is 22.7 Å². The average Bonchev–Trinajstić information content (AvgIpc) is 2.61. The van der Waals surface area contributed by atoms with Crippen molar-refractivity contribution in [2.75, 3.05) is 10.6 Å². The third-order valence-electron chi connectivity index (χ3n) is 3.96. The van der Waals surface area contributed by atoms with Crippen LogP contribution in [0.2, 0.25) is 0 Å². The zero-order valence-corrected chi connectivity index (χ0v) is 19.1. The van der Waals surface area contributed by atoms with Gasteiger partial charge in [-0.3, -0.25) is 9.59 Å². The van der Waals surface area contributed by atoms with Gasteiger partial charge >= 0.3 is 0 Å². The number of carbonyl (C=O) groups excluding carboxylic acids is 2. The molecule has 7 nitrogen and oxygen atoms in total. The number of carbonyl (C=O) groups is 2. The molecular formula is C21H27N3O4S2. The van der Waals surface area contributed by atoms with E-state index in [4.69, 9.17) is 5.14 Å². The Morgan fingerprint density at radius 2 is 1.47 bits per heavy atom. The Morgan fingerprint density at radius 3 is 1.97 bits per heavy atom. The Morgan fingerprint density at radius 1 is 0.967 bits per heavy atom. The molecule has 0 fully saturated rings. The Labute approximate surface area is 181 Å². The molecule has 0 aliphatic rings. The molecule has 1 unspecified atom stereocenters. The van der Waals surface area contributed by atoms with E-state index in [1.807, 2.05) is 32.9 Å². The van der Waals surface area contributed by atoms with Gasteiger partial charge in [-0.25, -0.2) is 13.6 Å². The molecule has 2 rings (SSSR count). The molecule has 0 heterocycles. The van der Waals surface area contributed by atoms with Crippen LogP contribution in [-0.4, -0.2) is 25.5 Å². The Balaban J connectivity index is 1.91. The van der Waals surface area contributed by atoms with Crippen LogP contribution >= 0.6 is 11.8 Å². The lowest BCUT2D eigenvalue weighted by Gasteiger charge is -2.17. The number of nitrogens with two attached hydrogens (primary N) is 1. The van der Waals surface area contributed by atoms with Gasteiger partial charge in [-0.2, -0.15) is 0 Å². The van der Waals surface area contributed by atoms with E-state index >= 15 is 0 Å². The first-order valence-electron chi connectivity index (χ1n) is 9.34. The lowest BCUT2D eigenvalue weighted by atomic mass is 9.92. The average molecular weight is 450 g/mol. The van der Waals surface area contributed by atoms with Gasteiger partial charge in [0.15, 0.2) is 0 Å². The molecule has 0 spiro atoms. The van der Waals surface area contributed by atoms with E-state index in [2.05, 4.69) is 10.6 Å². The van der Waals surface area contributed by atoms with Gasteiger partial charge < -0.3 is 10.6 Å². The fourth-order valence-electron chi connectivity index (χ4n) is 2.53. The zero-order valence-electron chi connectivity index (χ0n) is 17.4. The number of benzene rings is 2. The Kier molecular flexibility index (Phi) is 7.68. The highest BCUT2D eigenvalue weighted by Gasteiger charge is 2.17. The molecular weight excluding hydrogens is 422 g/mol. The molecule has 0 saturated carbocycles. The van der Waals surface area contributed by atoms with Crippen LogP contribution in [0, 0.1) is 5.41 Å². The molecule has 0 saturated heterocycles. The minimum atomic E-state index is -3.77. The third kappa shape index (κ3) is 7.81. The number of amides is 2. The summed E-state index contributed by atoms with van der Waals surface area (Å²) >= 11 is 1.38. The Hall–Kier alpha value is -2.36. The second-order valence-corrected chi connectivity index (χ2v) is 11.1. The normalized spacial score (nSPS) is 12.8. The summed E-state index contributed by atoms with van der Waals surface area (Å²) in [5.74, 6) is -0.255. The van der Waals surface area contributed by atoms with Crippen LogP contribution in [0.4, 0.5) is 11.4 Å². The van der Waals surface area contributed by atoms with Crippen molar-refractivity contribution in [2.24, 2.45) is 10.6 Å². The molecule has 0 bridgehead atoms. The van der Waals surface area contributed by atoms with E-state index in [0.29, 0.717) is 17.8 Å². The van der Waals surface area contributed by atoms with E-state index in [1.165, 1.54) is 36.0 Å². The fraction of sp³-hybridized carbons (Fsp3) is 0.333. The standard InChI is InChI=1S/C21H27N3O4S2/c1-14(20(26)24-16-7-11-18(12-8-16)30(22,27)28)29-17-9-5-15(6-10-17)23-19(25)13-21(2,3)4/h5-12,14H,13H2,1-4H3,(H,23,25)(H,24,26)(H2,22,27,28). The minimum absolute atomic E-state index is 0.0161. The molecule has 2 aromatic rings.